The summed E-state index contributed by atoms with van der Waals surface area (Å²) in [5.41, 5.74) is 32.6. The van der Waals surface area contributed by atoms with Crippen molar-refractivity contribution in [2.24, 2.45) is 0 Å². The van der Waals surface area contributed by atoms with Gasteiger partial charge in [0.15, 0.2) is 0 Å². The van der Waals surface area contributed by atoms with E-state index in [1.54, 1.807) is 0 Å². The molecule has 0 bridgehead atoms. The van der Waals surface area contributed by atoms with Gasteiger partial charge in [-0.1, -0.05) is 317 Å². The van der Waals surface area contributed by atoms with Gasteiger partial charge in [-0.2, -0.15) is 0 Å². The van der Waals surface area contributed by atoms with Gasteiger partial charge in [0.25, 0.3) is 0 Å². The van der Waals surface area contributed by atoms with Gasteiger partial charge < -0.3 is 23.5 Å². The van der Waals surface area contributed by atoms with Crippen LogP contribution in [0.5, 0.6) is 0 Å². The van der Waals surface area contributed by atoms with Gasteiger partial charge in [-0.3, -0.25) is 0 Å². The van der Waals surface area contributed by atoms with Gasteiger partial charge in [0, 0.05) is 102 Å². The number of para-hydroxylation sites is 5. The summed E-state index contributed by atoms with van der Waals surface area (Å²) in [7, 11) is 0. The first kappa shape index (κ1) is 68.9. The molecule has 1 atom stereocenters. The second-order valence-electron chi connectivity index (χ2n) is 32.0. The van der Waals surface area contributed by atoms with Gasteiger partial charge >= 0.3 is 0 Å². The number of anilines is 9. The Bertz CT molecular complexity index is 7700. The van der Waals surface area contributed by atoms with Crippen LogP contribution >= 0.6 is 23.1 Å². The second kappa shape index (κ2) is 27.1. The molecule has 560 valence electrons. The molecule has 7 heteroatoms. The molecule has 1 aliphatic heterocycles. The van der Waals surface area contributed by atoms with E-state index in [0.29, 0.717) is 0 Å². The van der Waals surface area contributed by atoms with E-state index < -0.39 is 5.41 Å². The highest BCUT2D eigenvalue weighted by atomic mass is 32.2. The number of benzene rings is 18. The highest BCUT2D eigenvalue weighted by Crippen LogP contribution is 2.67. The van der Waals surface area contributed by atoms with Crippen molar-refractivity contribution in [3.05, 3.63) is 440 Å². The Labute approximate surface area is 697 Å². The highest BCUT2D eigenvalue weighted by molar-refractivity contribution is 7.99. The first-order chi connectivity index (χ1) is 58.8. The van der Waals surface area contributed by atoms with Crippen molar-refractivity contribution in [2.75, 3.05) is 14.7 Å². The van der Waals surface area contributed by atoms with Gasteiger partial charge in [-0.05, 0) is 193 Å². The number of hydrogen-bond acceptors (Lipinski definition) is 7. The molecule has 0 amide bonds. The molecule has 2 aliphatic carbocycles. The molecular formula is C112H73N3O2S2. The fourth-order valence-corrected chi connectivity index (χ4v) is 22.7. The molecule has 1 spiro atoms. The van der Waals surface area contributed by atoms with Crippen LogP contribution in [0.25, 0.3) is 131 Å². The van der Waals surface area contributed by atoms with E-state index in [9.17, 15) is 0 Å². The van der Waals surface area contributed by atoms with Crippen LogP contribution in [-0.4, -0.2) is 0 Å². The maximum atomic E-state index is 7.34. The van der Waals surface area contributed by atoms with Crippen LogP contribution in [0.15, 0.2) is 425 Å². The summed E-state index contributed by atoms with van der Waals surface area (Å²) in [6.07, 6.45) is 0. The summed E-state index contributed by atoms with van der Waals surface area (Å²) in [5, 5.41) is 6.65. The van der Waals surface area contributed by atoms with Crippen LogP contribution in [0.4, 0.5) is 51.2 Å². The van der Waals surface area contributed by atoms with E-state index in [1.807, 2.05) is 23.1 Å². The van der Waals surface area contributed by atoms with Crippen LogP contribution in [0.3, 0.4) is 0 Å². The van der Waals surface area contributed by atoms with Gasteiger partial charge in [0.2, 0.25) is 0 Å². The quantitative estimate of drug-likeness (QED) is 0.114. The molecule has 0 saturated carbocycles. The Hall–Kier alpha value is -14.5. The zero-order chi connectivity index (χ0) is 78.6. The number of thiophene rings is 1. The molecule has 0 saturated heterocycles. The average Bonchev–Trinajstić information content (AvgIpc) is 1.54. The summed E-state index contributed by atoms with van der Waals surface area (Å²) < 4.78 is 16.9. The lowest BCUT2D eigenvalue weighted by Crippen LogP contribution is -2.33. The Kier molecular flexibility index (Phi) is 15.7. The lowest BCUT2D eigenvalue weighted by molar-refractivity contribution is 0.660. The van der Waals surface area contributed by atoms with Gasteiger partial charge in [-0.25, -0.2) is 0 Å². The van der Waals surface area contributed by atoms with E-state index in [-0.39, 0.29) is 5.41 Å². The fraction of sp³-hybridized carbons (Fsp3) is 0.0357. The van der Waals surface area contributed by atoms with Crippen LogP contribution < -0.4 is 14.7 Å². The van der Waals surface area contributed by atoms with E-state index in [1.165, 1.54) is 86.9 Å². The molecule has 21 aromatic rings. The lowest BCUT2D eigenvalue weighted by Gasteiger charge is -2.43. The minimum Gasteiger partial charge on any atom is -0.455 e. The van der Waals surface area contributed by atoms with Crippen molar-refractivity contribution in [3.63, 3.8) is 0 Å². The molecule has 1 unspecified atom stereocenters. The minimum atomic E-state index is -0.943. The molecule has 3 aromatic heterocycles. The van der Waals surface area contributed by atoms with E-state index in [0.717, 1.165) is 138 Å². The molecule has 5 nitrogen and oxygen atoms in total. The van der Waals surface area contributed by atoms with Crippen LogP contribution in [0.2, 0.25) is 0 Å². The highest BCUT2D eigenvalue weighted by Gasteiger charge is 2.52. The first-order valence-corrected chi connectivity index (χ1v) is 42.5. The van der Waals surface area contributed by atoms with Gasteiger partial charge in [0.1, 0.15) is 22.3 Å². The van der Waals surface area contributed by atoms with Crippen molar-refractivity contribution >= 4 is 138 Å². The zero-order valence-electron chi connectivity index (χ0n) is 65.2. The predicted molar refractivity (Wildman–Crippen MR) is 499 cm³/mol. The van der Waals surface area contributed by atoms with Gasteiger partial charge in [0.05, 0.1) is 33.6 Å². The smallest absolute Gasteiger partial charge is 0.145 e. The Balaban J connectivity index is 0.803. The number of nitrogens with zero attached hydrogens (tertiary/aromatic N) is 3. The molecular weight excluding hydrogens is 1480 g/mol. The summed E-state index contributed by atoms with van der Waals surface area (Å²) in [4.78, 5) is 9.86. The SMILES string of the molecule is CC1(C)c2ccccc2-c2ccc(-c3ccccc3N(c3cccc4c3Sc3c(N(c5ccccc5)c5cc(-c6ccccc6)c6oc7ccccc7c6c5)cccc3C43c4ccccc4-c4cc(N(c5ccccc5)c5cc(-c6ccccc6)c6sc7ccccc7c6c5)ccc43)c3ccc(-c4ccccc4)c4oc5ccccc5c34)cc21. The molecule has 0 N–H and O–H groups in total. The summed E-state index contributed by atoms with van der Waals surface area (Å²) in [5.74, 6) is 0. The third-order valence-corrected chi connectivity index (χ3v) is 27.8. The maximum Gasteiger partial charge on any atom is 0.145 e. The summed E-state index contributed by atoms with van der Waals surface area (Å²) >= 11 is 3.76. The van der Waals surface area contributed by atoms with Crippen molar-refractivity contribution < 1.29 is 8.83 Å². The molecule has 0 fully saturated rings. The van der Waals surface area contributed by atoms with Crippen LogP contribution in [0, 0.1) is 0 Å². The Morgan fingerprint density at radius 3 is 1.43 bits per heavy atom. The zero-order valence-corrected chi connectivity index (χ0v) is 66.8. The van der Waals surface area contributed by atoms with Crippen molar-refractivity contribution in [1.29, 1.82) is 0 Å². The summed E-state index contributed by atoms with van der Waals surface area (Å²) in [6, 6.07) is 151. The first-order valence-electron chi connectivity index (χ1n) is 40.8. The van der Waals surface area contributed by atoms with E-state index in [4.69, 9.17) is 8.83 Å². The number of rotatable bonds is 13. The molecule has 119 heavy (non-hydrogen) atoms. The third kappa shape index (κ3) is 10.5. The predicted octanol–water partition coefficient (Wildman–Crippen LogP) is 32.1. The fourth-order valence-electron chi connectivity index (χ4n) is 20.0. The Morgan fingerprint density at radius 1 is 0.244 bits per heavy atom. The Morgan fingerprint density at radius 2 is 0.723 bits per heavy atom. The van der Waals surface area contributed by atoms with E-state index >= 15 is 0 Å². The molecule has 18 aromatic carbocycles. The van der Waals surface area contributed by atoms with Crippen molar-refractivity contribution in [3.8, 4) is 66.8 Å². The monoisotopic (exact) mass is 1560 g/mol. The van der Waals surface area contributed by atoms with Crippen LogP contribution in [0.1, 0.15) is 47.2 Å². The summed E-state index contributed by atoms with van der Waals surface area (Å²) in [6.45, 7) is 4.77. The standard InChI is InChI=1S/C112H73N3O2S2/c1-111(2)92-48-24-18-43-81(92)83-60-58-73(64-97(83)111)79-42-20-26-52-98(79)115(99-63-61-80(70-32-8-3-9-33-70)107-105(99)86-47-22-28-56-103(86)117-107)101-54-31-51-96-110(101)119-109-95(50-30-53-100(109)114(75-40-16-7-17-41-75)78-66-87(71-34-10-4-11-35-71)106-90(68-78)84-45-21-27-55-102(84)116-106)112(96)93-49-25-19-44-82(93)89-65-76(59-62-94(89)112)113(74-38-14-6-15-39-74)77-67-88(72-36-12-5-13-37-72)108-91(69-77)85-46-23-29-57-104(85)118-108/h3-69H,1-2H3. The largest absolute Gasteiger partial charge is 0.455 e. The van der Waals surface area contributed by atoms with E-state index in [2.05, 4.69) is 435 Å². The lowest BCUT2D eigenvalue weighted by atomic mass is 9.67. The average molecular weight is 1560 g/mol. The second-order valence-corrected chi connectivity index (χ2v) is 34.1. The molecule has 3 aliphatic rings. The minimum absolute atomic E-state index is 0.247. The number of hydrogen-bond donors (Lipinski definition) is 0. The van der Waals surface area contributed by atoms with Crippen LogP contribution in [-0.2, 0) is 10.8 Å². The molecule has 24 rings (SSSR count). The normalized spacial score (nSPS) is 14.0. The van der Waals surface area contributed by atoms with Crippen molar-refractivity contribution in [1.82, 2.24) is 0 Å². The number of fused-ring (bicyclic) bond motifs is 21. The molecule has 0 radical (unpaired) electrons. The topological polar surface area (TPSA) is 36.0 Å². The van der Waals surface area contributed by atoms with Gasteiger partial charge in [-0.15, -0.1) is 11.3 Å². The maximum absolute atomic E-state index is 7.34. The molecule has 4 heterocycles. The third-order valence-electron chi connectivity index (χ3n) is 25.3. The number of furan rings is 2. The van der Waals surface area contributed by atoms with Crippen molar-refractivity contribution in [2.45, 2.75) is 34.5 Å².